The smallest absolute Gasteiger partial charge is 0.123 e. The Hall–Kier alpha value is -0.540. The first-order valence-corrected chi connectivity index (χ1v) is 5.67. The standard InChI is InChI=1S/C11H14BrNO/c1-7-4-9(12)5-8(11(7)14)6-13-10-2-3-10/h4-5,10,13-14H,2-3,6H2,1H3. The van der Waals surface area contributed by atoms with Crippen molar-refractivity contribution in [3.05, 3.63) is 27.7 Å². The predicted molar refractivity (Wildman–Crippen MR) is 60.4 cm³/mol. The molecular formula is C11H14BrNO. The lowest BCUT2D eigenvalue weighted by Gasteiger charge is -2.08. The molecule has 1 aromatic rings. The van der Waals surface area contributed by atoms with Crippen LogP contribution in [0.5, 0.6) is 5.75 Å². The van der Waals surface area contributed by atoms with E-state index in [2.05, 4.69) is 21.2 Å². The highest BCUT2D eigenvalue weighted by Gasteiger charge is 2.20. The zero-order valence-corrected chi connectivity index (χ0v) is 9.76. The molecule has 0 unspecified atom stereocenters. The Balaban J connectivity index is 2.13. The van der Waals surface area contributed by atoms with Gasteiger partial charge >= 0.3 is 0 Å². The van der Waals surface area contributed by atoms with Crippen LogP contribution in [0.15, 0.2) is 16.6 Å². The van der Waals surface area contributed by atoms with E-state index in [0.29, 0.717) is 11.8 Å². The average Bonchev–Trinajstić information content (AvgIpc) is 2.92. The molecule has 2 N–H and O–H groups in total. The van der Waals surface area contributed by atoms with Crippen LogP contribution < -0.4 is 5.32 Å². The van der Waals surface area contributed by atoms with Crippen molar-refractivity contribution >= 4 is 15.9 Å². The number of aryl methyl sites for hydroxylation is 1. The Morgan fingerprint density at radius 1 is 1.50 bits per heavy atom. The van der Waals surface area contributed by atoms with E-state index in [9.17, 15) is 5.11 Å². The molecule has 1 aliphatic carbocycles. The molecule has 0 saturated heterocycles. The van der Waals surface area contributed by atoms with E-state index < -0.39 is 0 Å². The summed E-state index contributed by atoms with van der Waals surface area (Å²) < 4.78 is 1.03. The van der Waals surface area contributed by atoms with Crippen molar-refractivity contribution in [1.29, 1.82) is 0 Å². The molecule has 1 saturated carbocycles. The number of hydrogen-bond acceptors (Lipinski definition) is 2. The third-order valence-electron chi connectivity index (χ3n) is 2.50. The molecule has 0 spiro atoms. The van der Waals surface area contributed by atoms with Gasteiger partial charge in [-0.25, -0.2) is 0 Å². The van der Waals surface area contributed by atoms with Crippen molar-refractivity contribution < 1.29 is 5.11 Å². The van der Waals surface area contributed by atoms with Crippen LogP contribution in [0, 0.1) is 6.92 Å². The van der Waals surface area contributed by atoms with Crippen LogP contribution in [0.2, 0.25) is 0 Å². The number of phenolic OH excluding ortho intramolecular Hbond substituents is 1. The largest absolute Gasteiger partial charge is 0.507 e. The Kier molecular flexibility index (Phi) is 2.79. The molecular weight excluding hydrogens is 242 g/mol. The topological polar surface area (TPSA) is 32.3 Å². The van der Waals surface area contributed by atoms with Gasteiger partial charge < -0.3 is 10.4 Å². The molecule has 0 aromatic heterocycles. The second-order valence-corrected chi connectivity index (χ2v) is 4.80. The number of benzene rings is 1. The quantitative estimate of drug-likeness (QED) is 0.871. The molecule has 1 fully saturated rings. The van der Waals surface area contributed by atoms with Crippen LogP contribution >= 0.6 is 15.9 Å². The van der Waals surface area contributed by atoms with Gasteiger partial charge in [-0.1, -0.05) is 15.9 Å². The third-order valence-corrected chi connectivity index (χ3v) is 2.96. The highest BCUT2D eigenvalue weighted by molar-refractivity contribution is 9.10. The van der Waals surface area contributed by atoms with Crippen molar-refractivity contribution in [2.24, 2.45) is 0 Å². The van der Waals surface area contributed by atoms with Gasteiger partial charge in [-0.05, 0) is 37.5 Å². The van der Waals surface area contributed by atoms with Gasteiger partial charge in [0.15, 0.2) is 0 Å². The zero-order valence-electron chi connectivity index (χ0n) is 8.18. The van der Waals surface area contributed by atoms with Crippen LogP contribution in [-0.4, -0.2) is 11.1 Å². The molecule has 0 radical (unpaired) electrons. The summed E-state index contributed by atoms with van der Waals surface area (Å²) in [6.07, 6.45) is 2.54. The van der Waals surface area contributed by atoms with Crippen molar-refractivity contribution in [2.75, 3.05) is 0 Å². The molecule has 1 aliphatic rings. The minimum absolute atomic E-state index is 0.418. The maximum absolute atomic E-state index is 9.79. The highest BCUT2D eigenvalue weighted by Crippen LogP contribution is 2.27. The average molecular weight is 256 g/mol. The highest BCUT2D eigenvalue weighted by atomic mass is 79.9. The summed E-state index contributed by atoms with van der Waals surface area (Å²) in [5.41, 5.74) is 1.90. The van der Waals surface area contributed by atoms with Crippen molar-refractivity contribution in [3.63, 3.8) is 0 Å². The van der Waals surface area contributed by atoms with E-state index in [1.165, 1.54) is 12.8 Å². The summed E-state index contributed by atoms with van der Waals surface area (Å²) in [7, 11) is 0. The second kappa shape index (κ2) is 3.91. The van der Waals surface area contributed by atoms with Crippen LogP contribution in [0.4, 0.5) is 0 Å². The van der Waals surface area contributed by atoms with E-state index in [-0.39, 0.29) is 0 Å². The maximum atomic E-state index is 9.79. The Morgan fingerprint density at radius 3 is 2.86 bits per heavy atom. The SMILES string of the molecule is Cc1cc(Br)cc(CNC2CC2)c1O. The van der Waals surface area contributed by atoms with Gasteiger partial charge in [0, 0.05) is 22.6 Å². The lowest BCUT2D eigenvalue weighted by molar-refractivity contribution is 0.460. The van der Waals surface area contributed by atoms with E-state index >= 15 is 0 Å². The minimum atomic E-state index is 0.418. The van der Waals surface area contributed by atoms with E-state index in [1.54, 1.807) is 0 Å². The first kappa shape index (κ1) is 9.99. The maximum Gasteiger partial charge on any atom is 0.123 e. The van der Waals surface area contributed by atoms with Gasteiger partial charge in [0.05, 0.1) is 0 Å². The summed E-state index contributed by atoms with van der Waals surface area (Å²) in [5.74, 6) is 0.418. The number of hydrogen-bond donors (Lipinski definition) is 2. The third kappa shape index (κ3) is 2.28. The molecule has 2 nitrogen and oxygen atoms in total. The van der Waals surface area contributed by atoms with Gasteiger partial charge in [0.25, 0.3) is 0 Å². The molecule has 1 aromatic carbocycles. The van der Waals surface area contributed by atoms with Gasteiger partial charge in [-0.3, -0.25) is 0 Å². The summed E-state index contributed by atoms with van der Waals surface area (Å²) in [5, 5.41) is 13.2. The summed E-state index contributed by atoms with van der Waals surface area (Å²) in [4.78, 5) is 0. The van der Waals surface area contributed by atoms with Gasteiger partial charge in [0.2, 0.25) is 0 Å². The molecule has 0 bridgehead atoms. The lowest BCUT2D eigenvalue weighted by atomic mass is 10.1. The number of rotatable bonds is 3. The first-order valence-electron chi connectivity index (χ1n) is 4.88. The number of phenols is 1. The minimum Gasteiger partial charge on any atom is -0.507 e. The molecule has 14 heavy (non-hydrogen) atoms. The first-order chi connectivity index (χ1) is 6.66. The second-order valence-electron chi connectivity index (χ2n) is 3.89. The molecule has 0 heterocycles. The summed E-state index contributed by atoms with van der Waals surface area (Å²) in [6, 6.07) is 4.57. The monoisotopic (exact) mass is 255 g/mol. The molecule has 0 aliphatic heterocycles. The summed E-state index contributed by atoms with van der Waals surface area (Å²) >= 11 is 3.43. The van der Waals surface area contributed by atoms with Gasteiger partial charge in [0.1, 0.15) is 5.75 Å². The fraction of sp³-hybridized carbons (Fsp3) is 0.455. The van der Waals surface area contributed by atoms with E-state index in [4.69, 9.17) is 0 Å². The van der Waals surface area contributed by atoms with Crippen LogP contribution in [0.1, 0.15) is 24.0 Å². The fourth-order valence-electron chi connectivity index (χ4n) is 1.48. The normalized spacial score (nSPS) is 15.9. The number of nitrogens with one attached hydrogen (secondary N) is 1. The van der Waals surface area contributed by atoms with Gasteiger partial charge in [-0.2, -0.15) is 0 Å². The molecule has 3 heteroatoms. The summed E-state index contributed by atoms with van der Waals surface area (Å²) in [6.45, 7) is 2.68. The van der Waals surface area contributed by atoms with E-state index in [0.717, 1.165) is 22.1 Å². The molecule has 0 amide bonds. The molecule has 2 rings (SSSR count). The predicted octanol–water partition coefficient (Wildman–Crippen LogP) is 2.72. The zero-order chi connectivity index (χ0) is 10.1. The molecule has 76 valence electrons. The Labute approximate surface area is 92.5 Å². The number of halogens is 1. The Bertz CT molecular complexity index is 347. The fourth-order valence-corrected chi connectivity index (χ4v) is 2.10. The van der Waals surface area contributed by atoms with Crippen LogP contribution in [0.3, 0.4) is 0 Å². The van der Waals surface area contributed by atoms with Crippen LogP contribution in [-0.2, 0) is 6.54 Å². The van der Waals surface area contributed by atoms with Crippen LogP contribution in [0.25, 0.3) is 0 Å². The van der Waals surface area contributed by atoms with Crippen molar-refractivity contribution in [3.8, 4) is 5.75 Å². The van der Waals surface area contributed by atoms with Crippen molar-refractivity contribution in [2.45, 2.75) is 32.4 Å². The van der Waals surface area contributed by atoms with Crippen molar-refractivity contribution in [1.82, 2.24) is 5.32 Å². The van der Waals surface area contributed by atoms with Gasteiger partial charge in [-0.15, -0.1) is 0 Å². The number of aromatic hydroxyl groups is 1. The van der Waals surface area contributed by atoms with E-state index in [1.807, 2.05) is 19.1 Å². The lowest BCUT2D eigenvalue weighted by Crippen LogP contribution is -2.15. The molecule has 0 atom stereocenters. The Morgan fingerprint density at radius 2 is 2.21 bits per heavy atom.